The lowest BCUT2D eigenvalue weighted by molar-refractivity contribution is -0.147. The van der Waals surface area contributed by atoms with Crippen LogP contribution in [0.1, 0.15) is 43.2 Å². The average Bonchev–Trinajstić information content (AvgIpc) is 3.04. The number of hydrogen-bond donors (Lipinski definition) is 1. The van der Waals surface area contributed by atoms with Crippen LogP contribution in [0.2, 0.25) is 0 Å². The summed E-state index contributed by atoms with van der Waals surface area (Å²) in [6.45, 7) is 1.99. The molecule has 2 aliphatic carbocycles. The first-order valence-electron chi connectivity index (χ1n) is 6.73. The molecule has 0 saturated heterocycles. The molecular formula is C15H17BrO3. The highest BCUT2D eigenvalue weighted by Crippen LogP contribution is 2.50. The number of benzene rings is 1. The van der Waals surface area contributed by atoms with Crippen LogP contribution in [0.5, 0.6) is 5.75 Å². The van der Waals surface area contributed by atoms with Crippen LogP contribution in [-0.2, 0) is 10.2 Å². The number of rotatable bonds is 4. The Labute approximate surface area is 121 Å². The van der Waals surface area contributed by atoms with Gasteiger partial charge in [-0.05, 0) is 60.2 Å². The summed E-state index contributed by atoms with van der Waals surface area (Å²) >= 11 is 3.53. The summed E-state index contributed by atoms with van der Waals surface area (Å²) in [5, 5.41) is 9.62. The van der Waals surface area contributed by atoms with E-state index in [0.717, 1.165) is 40.6 Å². The van der Waals surface area contributed by atoms with E-state index in [9.17, 15) is 9.90 Å². The van der Waals surface area contributed by atoms with Gasteiger partial charge in [0, 0.05) is 5.56 Å². The first-order valence-corrected chi connectivity index (χ1v) is 7.53. The van der Waals surface area contributed by atoms with Crippen molar-refractivity contribution < 1.29 is 14.6 Å². The van der Waals surface area contributed by atoms with Crippen molar-refractivity contribution in [1.29, 1.82) is 0 Å². The van der Waals surface area contributed by atoms with Crippen LogP contribution in [0, 0.1) is 6.92 Å². The zero-order valence-electron chi connectivity index (χ0n) is 10.9. The lowest BCUT2D eigenvalue weighted by atomic mass is 9.64. The van der Waals surface area contributed by atoms with Gasteiger partial charge in [-0.25, -0.2) is 0 Å². The molecule has 3 rings (SSSR count). The summed E-state index contributed by atoms with van der Waals surface area (Å²) in [5.74, 6) is 0.0205. The molecule has 0 heterocycles. The van der Waals surface area contributed by atoms with E-state index in [-0.39, 0.29) is 6.10 Å². The van der Waals surface area contributed by atoms with E-state index in [1.54, 1.807) is 0 Å². The van der Waals surface area contributed by atoms with Gasteiger partial charge in [0.05, 0.1) is 16.0 Å². The predicted molar refractivity (Wildman–Crippen MR) is 75.7 cm³/mol. The predicted octanol–water partition coefficient (Wildman–Crippen LogP) is 3.81. The Balaban J connectivity index is 2.09. The zero-order valence-corrected chi connectivity index (χ0v) is 12.5. The fraction of sp³-hybridized carbons (Fsp3) is 0.533. The molecule has 0 aliphatic heterocycles. The van der Waals surface area contributed by atoms with Gasteiger partial charge in [0.1, 0.15) is 5.75 Å². The molecule has 1 N–H and O–H groups in total. The van der Waals surface area contributed by atoms with E-state index < -0.39 is 11.4 Å². The molecule has 4 heteroatoms. The smallest absolute Gasteiger partial charge is 0.314 e. The number of aliphatic carboxylic acids is 1. The van der Waals surface area contributed by atoms with Gasteiger partial charge < -0.3 is 9.84 Å². The van der Waals surface area contributed by atoms with Crippen LogP contribution < -0.4 is 4.74 Å². The Morgan fingerprint density at radius 1 is 1.42 bits per heavy atom. The van der Waals surface area contributed by atoms with E-state index in [2.05, 4.69) is 15.9 Å². The fourth-order valence-corrected chi connectivity index (χ4v) is 3.35. The maximum atomic E-state index is 11.7. The molecule has 0 amide bonds. The van der Waals surface area contributed by atoms with Crippen molar-refractivity contribution in [1.82, 2.24) is 0 Å². The van der Waals surface area contributed by atoms with Crippen LogP contribution in [0.15, 0.2) is 16.6 Å². The third kappa shape index (κ3) is 2.16. The van der Waals surface area contributed by atoms with E-state index in [0.29, 0.717) is 12.8 Å². The summed E-state index contributed by atoms with van der Waals surface area (Å²) < 4.78 is 6.84. The molecule has 0 unspecified atom stereocenters. The van der Waals surface area contributed by atoms with Gasteiger partial charge in [-0.3, -0.25) is 4.79 Å². The zero-order chi connectivity index (χ0) is 13.6. The summed E-state index contributed by atoms with van der Waals surface area (Å²) in [7, 11) is 0. The number of halogens is 1. The van der Waals surface area contributed by atoms with Gasteiger partial charge in [0.25, 0.3) is 0 Å². The normalized spacial score (nSPS) is 20.7. The van der Waals surface area contributed by atoms with Gasteiger partial charge in [0.2, 0.25) is 0 Å². The van der Waals surface area contributed by atoms with Crippen LogP contribution in [-0.4, -0.2) is 17.2 Å². The second kappa shape index (κ2) is 4.51. The monoisotopic (exact) mass is 324 g/mol. The lowest BCUT2D eigenvalue weighted by Crippen LogP contribution is -2.42. The third-order valence-corrected chi connectivity index (χ3v) is 4.72. The number of hydrogen-bond acceptors (Lipinski definition) is 2. The molecule has 0 radical (unpaired) electrons. The molecule has 2 aliphatic rings. The van der Waals surface area contributed by atoms with Crippen molar-refractivity contribution in [3.63, 3.8) is 0 Å². The summed E-state index contributed by atoms with van der Waals surface area (Å²) in [4.78, 5) is 11.7. The van der Waals surface area contributed by atoms with Crippen molar-refractivity contribution in [2.75, 3.05) is 0 Å². The Kier molecular flexibility index (Phi) is 3.08. The molecule has 0 atom stereocenters. The maximum Gasteiger partial charge on any atom is 0.314 e. The van der Waals surface area contributed by atoms with Crippen LogP contribution in [0.3, 0.4) is 0 Å². The Hall–Kier alpha value is -1.03. The Morgan fingerprint density at radius 2 is 2.11 bits per heavy atom. The van der Waals surface area contributed by atoms with E-state index in [1.165, 1.54) is 0 Å². The van der Waals surface area contributed by atoms with Crippen molar-refractivity contribution in [3.05, 3.63) is 27.7 Å². The molecule has 2 fully saturated rings. The quantitative estimate of drug-likeness (QED) is 0.916. The maximum absolute atomic E-state index is 11.7. The highest BCUT2D eigenvalue weighted by molar-refractivity contribution is 9.10. The van der Waals surface area contributed by atoms with Crippen LogP contribution in [0.4, 0.5) is 0 Å². The topological polar surface area (TPSA) is 46.5 Å². The number of carboxylic acid groups (broad SMARTS) is 1. The van der Waals surface area contributed by atoms with E-state index >= 15 is 0 Å². The van der Waals surface area contributed by atoms with E-state index in [4.69, 9.17) is 4.74 Å². The molecule has 1 aromatic carbocycles. The van der Waals surface area contributed by atoms with Crippen LogP contribution in [0.25, 0.3) is 0 Å². The minimum absolute atomic E-state index is 0.267. The molecule has 0 aromatic heterocycles. The largest absolute Gasteiger partial charge is 0.489 e. The SMILES string of the molecule is Cc1cc(Br)c(OC2CC2)c(C2(C(=O)O)CCC2)c1. The number of ether oxygens (including phenoxy) is 1. The summed E-state index contributed by atoms with van der Waals surface area (Å²) in [6, 6.07) is 3.98. The molecule has 102 valence electrons. The molecule has 3 nitrogen and oxygen atoms in total. The van der Waals surface area contributed by atoms with Crippen molar-refractivity contribution in [2.24, 2.45) is 0 Å². The van der Waals surface area contributed by atoms with Crippen molar-refractivity contribution >= 4 is 21.9 Å². The first kappa shape index (κ1) is 13.0. The molecular weight excluding hydrogens is 308 g/mol. The molecule has 0 spiro atoms. The minimum Gasteiger partial charge on any atom is -0.489 e. The van der Waals surface area contributed by atoms with Crippen LogP contribution >= 0.6 is 15.9 Å². The average molecular weight is 325 g/mol. The van der Waals surface area contributed by atoms with Gasteiger partial charge in [-0.1, -0.05) is 12.5 Å². The lowest BCUT2D eigenvalue weighted by Gasteiger charge is -2.39. The summed E-state index contributed by atoms with van der Waals surface area (Å²) in [5.41, 5.74) is 1.18. The molecule has 2 saturated carbocycles. The number of aryl methyl sites for hydroxylation is 1. The number of carbonyl (C=O) groups is 1. The van der Waals surface area contributed by atoms with Gasteiger partial charge in [-0.2, -0.15) is 0 Å². The van der Waals surface area contributed by atoms with Gasteiger partial charge in [-0.15, -0.1) is 0 Å². The van der Waals surface area contributed by atoms with Crippen molar-refractivity contribution in [3.8, 4) is 5.75 Å². The Morgan fingerprint density at radius 3 is 2.58 bits per heavy atom. The fourth-order valence-electron chi connectivity index (χ4n) is 2.69. The Bertz CT molecular complexity index is 530. The standard InChI is InChI=1S/C15H17BrO3/c1-9-7-11(15(14(17)18)5-2-6-15)13(12(16)8-9)19-10-3-4-10/h7-8,10H,2-6H2,1H3,(H,17,18). The van der Waals surface area contributed by atoms with Gasteiger partial charge in [0.15, 0.2) is 0 Å². The molecule has 0 bridgehead atoms. The van der Waals surface area contributed by atoms with Crippen molar-refractivity contribution in [2.45, 2.75) is 50.5 Å². The third-order valence-electron chi connectivity index (χ3n) is 4.13. The van der Waals surface area contributed by atoms with E-state index in [1.807, 2.05) is 19.1 Å². The second-order valence-electron chi connectivity index (χ2n) is 5.68. The molecule has 1 aromatic rings. The second-order valence-corrected chi connectivity index (χ2v) is 6.54. The molecule has 19 heavy (non-hydrogen) atoms. The van der Waals surface area contributed by atoms with Gasteiger partial charge >= 0.3 is 5.97 Å². The minimum atomic E-state index is -0.737. The summed E-state index contributed by atoms with van der Waals surface area (Å²) in [6.07, 6.45) is 4.79. The highest BCUT2D eigenvalue weighted by Gasteiger charge is 2.48. The first-order chi connectivity index (χ1) is 9.03. The highest BCUT2D eigenvalue weighted by atomic mass is 79.9. The number of carboxylic acids is 1.